The van der Waals surface area contributed by atoms with Crippen LogP contribution in [-0.4, -0.2) is 53.4 Å². The lowest BCUT2D eigenvalue weighted by Gasteiger charge is -2.21. The van der Waals surface area contributed by atoms with Crippen LogP contribution in [-0.2, 0) is 16.0 Å². The maximum atomic E-state index is 13.4. The van der Waals surface area contributed by atoms with Crippen LogP contribution in [0.4, 0.5) is 4.79 Å². The van der Waals surface area contributed by atoms with Gasteiger partial charge in [-0.05, 0) is 78.8 Å². The van der Waals surface area contributed by atoms with Crippen LogP contribution in [0.25, 0.3) is 11.5 Å². The van der Waals surface area contributed by atoms with Crippen molar-refractivity contribution in [1.29, 1.82) is 0 Å². The van der Waals surface area contributed by atoms with E-state index in [1.54, 1.807) is 65.0 Å². The van der Waals surface area contributed by atoms with Crippen molar-refractivity contribution in [2.24, 2.45) is 0 Å². The van der Waals surface area contributed by atoms with Crippen LogP contribution < -0.4 is 20.1 Å². The maximum absolute atomic E-state index is 13.4. The maximum Gasteiger partial charge on any atom is 0.408 e. The number of esters is 1. The van der Waals surface area contributed by atoms with E-state index in [0.29, 0.717) is 36.0 Å². The summed E-state index contributed by atoms with van der Waals surface area (Å²) in [4.78, 5) is 46.7. The van der Waals surface area contributed by atoms with Gasteiger partial charge in [0.1, 0.15) is 11.3 Å². The molecule has 12 heteroatoms. The predicted octanol–water partition coefficient (Wildman–Crippen LogP) is 5.23. The van der Waals surface area contributed by atoms with Crippen molar-refractivity contribution in [2.45, 2.75) is 66.7 Å². The average molecular weight is 583 g/mol. The molecule has 0 aliphatic rings. The van der Waals surface area contributed by atoms with Crippen molar-refractivity contribution in [1.82, 2.24) is 20.6 Å². The van der Waals surface area contributed by atoms with Crippen LogP contribution in [0, 0.1) is 0 Å². The fourth-order valence-corrected chi connectivity index (χ4v) is 3.80. The molecule has 226 valence electrons. The molecule has 0 radical (unpaired) electrons. The Kier molecular flexibility index (Phi) is 10.9. The van der Waals surface area contributed by atoms with Crippen LogP contribution in [0.5, 0.6) is 11.5 Å². The number of nitrogens with one attached hydrogen (secondary N) is 2. The summed E-state index contributed by atoms with van der Waals surface area (Å²) >= 11 is 0. The molecule has 0 saturated heterocycles. The highest BCUT2D eigenvalue weighted by molar-refractivity contribution is 5.94. The van der Waals surface area contributed by atoms with Crippen molar-refractivity contribution in [3.8, 4) is 23.0 Å². The highest BCUT2D eigenvalue weighted by Crippen LogP contribution is 2.34. The normalized spacial score (nSPS) is 11.8. The van der Waals surface area contributed by atoms with E-state index in [2.05, 4.69) is 20.6 Å². The molecule has 0 saturated carbocycles. The smallest absolute Gasteiger partial charge is 0.408 e. The van der Waals surface area contributed by atoms with Gasteiger partial charge in [-0.15, -0.1) is 0 Å². The van der Waals surface area contributed by atoms with E-state index in [0.717, 1.165) is 0 Å². The first-order valence-corrected chi connectivity index (χ1v) is 13.8. The average Bonchev–Trinajstić information content (AvgIpc) is 3.38. The van der Waals surface area contributed by atoms with Gasteiger partial charge in [0.2, 0.25) is 5.89 Å². The topological polar surface area (TPSA) is 151 Å². The fourth-order valence-electron chi connectivity index (χ4n) is 3.80. The summed E-state index contributed by atoms with van der Waals surface area (Å²) in [5.41, 5.74) is 0.341. The number of pyridine rings is 1. The predicted molar refractivity (Wildman–Crippen MR) is 153 cm³/mol. The van der Waals surface area contributed by atoms with Crippen molar-refractivity contribution >= 4 is 18.0 Å². The van der Waals surface area contributed by atoms with Crippen LogP contribution >= 0.6 is 0 Å². The molecule has 0 fully saturated rings. The van der Waals surface area contributed by atoms with E-state index < -0.39 is 29.6 Å². The molecular formula is C30H38N4O8. The van der Waals surface area contributed by atoms with E-state index >= 15 is 0 Å². The van der Waals surface area contributed by atoms with Gasteiger partial charge in [-0.2, -0.15) is 0 Å². The molecule has 1 aromatic carbocycles. The number of alkyl carbamates (subject to hydrolysis) is 1. The Labute approximate surface area is 245 Å². The summed E-state index contributed by atoms with van der Waals surface area (Å²) in [6, 6.07) is 9.25. The number of carbonyl (C=O) groups is 3. The van der Waals surface area contributed by atoms with Crippen molar-refractivity contribution in [3.63, 3.8) is 0 Å². The van der Waals surface area contributed by atoms with Crippen molar-refractivity contribution in [3.05, 3.63) is 59.2 Å². The van der Waals surface area contributed by atoms with Gasteiger partial charge in [-0.1, -0.05) is 6.07 Å². The second-order valence-electron chi connectivity index (χ2n) is 10.0. The third kappa shape index (κ3) is 8.69. The number of benzene rings is 1. The lowest BCUT2D eigenvalue weighted by atomic mass is 10.2. The summed E-state index contributed by atoms with van der Waals surface area (Å²) in [5.74, 6) is 0.184. The molecule has 0 spiro atoms. The molecule has 3 rings (SSSR count). The Morgan fingerprint density at radius 3 is 2.33 bits per heavy atom. The lowest BCUT2D eigenvalue weighted by molar-refractivity contribution is 0.0496. The number of rotatable bonds is 12. The highest BCUT2D eigenvalue weighted by atomic mass is 16.6. The van der Waals surface area contributed by atoms with Crippen molar-refractivity contribution < 1.29 is 37.7 Å². The molecule has 0 aliphatic heterocycles. The summed E-state index contributed by atoms with van der Waals surface area (Å²) < 4.78 is 27.8. The largest absolute Gasteiger partial charge is 0.490 e. The molecule has 1 atom stereocenters. The summed E-state index contributed by atoms with van der Waals surface area (Å²) in [5, 5.41) is 5.45. The molecule has 2 N–H and O–H groups in total. The van der Waals surface area contributed by atoms with Crippen LogP contribution in [0.15, 0.2) is 40.8 Å². The van der Waals surface area contributed by atoms with E-state index in [-0.39, 0.29) is 36.2 Å². The van der Waals surface area contributed by atoms with Gasteiger partial charge in [-0.25, -0.2) is 19.6 Å². The van der Waals surface area contributed by atoms with E-state index in [1.807, 2.05) is 13.8 Å². The number of nitrogens with zero attached hydrogens (tertiary/aromatic N) is 2. The quantitative estimate of drug-likeness (QED) is 0.272. The first kappa shape index (κ1) is 31.9. The molecule has 0 aliphatic carbocycles. The minimum atomic E-state index is -0.777. The zero-order valence-corrected chi connectivity index (χ0v) is 25.0. The molecule has 3 aromatic rings. The Balaban J connectivity index is 1.93. The SMILES string of the molecule is CCOC(=O)c1cccc(CNC(=O)c2nc(-c3ccc(OCC)c(OCC)c3)oc2C(C)NC(=O)OC(C)(C)C)n1. The Bertz CT molecular complexity index is 1400. The van der Waals surface area contributed by atoms with Gasteiger partial charge in [0.15, 0.2) is 23.0 Å². The number of hydrogen-bond donors (Lipinski definition) is 2. The van der Waals surface area contributed by atoms with Crippen molar-refractivity contribution in [2.75, 3.05) is 19.8 Å². The second kappa shape index (κ2) is 14.3. The number of carbonyl (C=O) groups excluding carboxylic acids is 3. The third-order valence-electron chi connectivity index (χ3n) is 5.51. The standard InChI is InChI=1S/C30H38N4O8/c1-8-38-22-15-14-19(16-23(22)39-9-2)27-34-24(25(41-27)18(4)32-29(37)42-30(5,6)7)26(35)31-17-20-12-11-13-21(33-20)28(36)40-10-3/h11-16,18H,8-10,17H2,1-7H3,(H,31,35)(H,32,37). The second-order valence-corrected chi connectivity index (χ2v) is 10.0. The first-order valence-electron chi connectivity index (χ1n) is 13.8. The van der Waals surface area contributed by atoms with Crippen LogP contribution in [0.1, 0.15) is 86.9 Å². The molecule has 2 aromatic heterocycles. The number of oxazole rings is 1. The first-order chi connectivity index (χ1) is 19.9. The van der Waals surface area contributed by atoms with E-state index in [9.17, 15) is 14.4 Å². The summed E-state index contributed by atoms with van der Waals surface area (Å²) in [6.07, 6.45) is -0.681. The Morgan fingerprint density at radius 1 is 0.952 bits per heavy atom. The number of hydrogen-bond acceptors (Lipinski definition) is 10. The van der Waals surface area contributed by atoms with Gasteiger partial charge < -0.3 is 34.0 Å². The highest BCUT2D eigenvalue weighted by Gasteiger charge is 2.28. The minimum absolute atomic E-state index is 0.000864. The summed E-state index contributed by atoms with van der Waals surface area (Å²) in [6.45, 7) is 13.4. The van der Waals surface area contributed by atoms with Gasteiger partial charge in [-0.3, -0.25) is 4.79 Å². The molecule has 2 amide bonds. The van der Waals surface area contributed by atoms with Gasteiger partial charge >= 0.3 is 12.1 Å². The summed E-state index contributed by atoms with van der Waals surface area (Å²) in [7, 11) is 0. The number of ether oxygens (including phenoxy) is 4. The lowest BCUT2D eigenvalue weighted by Crippen LogP contribution is -2.34. The molecule has 1 unspecified atom stereocenters. The molecule has 2 heterocycles. The van der Waals surface area contributed by atoms with Gasteiger partial charge in [0.05, 0.1) is 38.1 Å². The van der Waals surface area contributed by atoms with E-state index in [4.69, 9.17) is 23.4 Å². The number of aromatic nitrogens is 2. The molecule has 42 heavy (non-hydrogen) atoms. The molecule has 12 nitrogen and oxygen atoms in total. The molecule has 0 bridgehead atoms. The Hall–Kier alpha value is -4.61. The van der Waals surface area contributed by atoms with Crippen LogP contribution in [0.2, 0.25) is 0 Å². The Morgan fingerprint density at radius 2 is 1.67 bits per heavy atom. The van der Waals surface area contributed by atoms with Crippen LogP contribution in [0.3, 0.4) is 0 Å². The molecular weight excluding hydrogens is 544 g/mol. The zero-order valence-electron chi connectivity index (χ0n) is 25.0. The number of amides is 2. The van der Waals surface area contributed by atoms with Gasteiger partial charge in [0, 0.05) is 5.56 Å². The third-order valence-corrected chi connectivity index (χ3v) is 5.51. The monoisotopic (exact) mass is 582 g/mol. The zero-order chi connectivity index (χ0) is 30.9. The van der Waals surface area contributed by atoms with Gasteiger partial charge in [0.25, 0.3) is 5.91 Å². The fraction of sp³-hybridized carbons (Fsp3) is 0.433. The van der Waals surface area contributed by atoms with E-state index in [1.165, 1.54) is 6.07 Å². The minimum Gasteiger partial charge on any atom is -0.490 e.